The van der Waals surface area contributed by atoms with Gasteiger partial charge in [-0.25, -0.2) is 8.75 Å². The molecule has 0 N–H and O–H groups in total. The lowest BCUT2D eigenvalue weighted by Crippen LogP contribution is -2.29. The average Bonchev–Trinajstić information content (AvgIpc) is 1.91. The Bertz CT molecular complexity index is 315. The summed E-state index contributed by atoms with van der Waals surface area (Å²) in [4.78, 5) is 0. The molecule has 1 aliphatic heterocycles. The molecule has 0 unspecified atom stereocenters. The molecule has 6 nitrogen and oxygen atoms in total. The molecular formula is C3H5F2O6PS. The van der Waals surface area contributed by atoms with E-state index in [0.717, 1.165) is 0 Å². The van der Waals surface area contributed by atoms with Crippen molar-refractivity contribution in [2.45, 2.75) is 6.10 Å². The van der Waals surface area contributed by atoms with E-state index in [2.05, 4.69) is 13.2 Å². The highest BCUT2D eigenvalue weighted by Crippen LogP contribution is 2.52. The van der Waals surface area contributed by atoms with E-state index in [1.807, 2.05) is 0 Å². The van der Waals surface area contributed by atoms with Crippen LogP contribution in [-0.4, -0.2) is 27.7 Å². The molecule has 13 heavy (non-hydrogen) atoms. The van der Waals surface area contributed by atoms with Gasteiger partial charge < -0.3 is 0 Å². The minimum absolute atomic E-state index is 0.642. The second kappa shape index (κ2) is 3.58. The lowest BCUT2D eigenvalue weighted by atomic mass is 10.4. The Morgan fingerprint density at radius 1 is 1.38 bits per heavy atom. The summed E-state index contributed by atoms with van der Waals surface area (Å²) in [5, 5.41) is 0. The first-order valence-corrected chi connectivity index (χ1v) is 5.74. The SMILES string of the molecule is O=P1(F)OCC(OS(=O)(=O)F)CO1. The molecule has 0 aromatic carbocycles. The van der Waals surface area contributed by atoms with E-state index in [9.17, 15) is 21.1 Å². The van der Waals surface area contributed by atoms with E-state index in [0.29, 0.717) is 0 Å². The maximum absolute atomic E-state index is 12.3. The van der Waals surface area contributed by atoms with Crippen LogP contribution in [0.4, 0.5) is 8.08 Å². The minimum Gasteiger partial charge on any atom is -0.281 e. The lowest BCUT2D eigenvalue weighted by molar-refractivity contribution is 0.0185. The molecule has 78 valence electrons. The van der Waals surface area contributed by atoms with E-state index in [1.165, 1.54) is 0 Å². The van der Waals surface area contributed by atoms with Crippen molar-refractivity contribution in [1.29, 1.82) is 0 Å². The van der Waals surface area contributed by atoms with Gasteiger partial charge in [-0.1, -0.05) is 3.89 Å². The topological polar surface area (TPSA) is 78.9 Å². The molecule has 0 aromatic rings. The van der Waals surface area contributed by atoms with E-state index in [1.54, 1.807) is 0 Å². The quantitative estimate of drug-likeness (QED) is 0.520. The van der Waals surface area contributed by atoms with Gasteiger partial charge in [0.15, 0.2) is 0 Å². The van der Waals surface area contributed by atoms with Crippen molar-refractivity contribution in [3.05, 3.63) is 0 Å². The third-order valence-electron chi connectivity index (χ3n) is 1.08. The van der Waals surface area contributed by atoms with Gasteiger partial charge in [0, 0.05) is 0 Å². The van der Waals surface area contributed by atoms with Gasteiger partial charge in [0.2, 0.25) is 0 Å². The van der Waals surface area contributed by atoms with Crippen molar-refractivity contribution in [3.8, 4) is 0 Å². The zero-order valence-electron chi connectivity index (χ0n) is 6.05. The van der Waals surface area contributed by atoms with Crippen LogP contribution in [0.3, 0.4) is 0 Å². The van der Waals surface area contributed by atoms with Crippen LogP contribution in [0.25, 0.3) is 0 Å². The Kier molecular flexibility index (Phi) is 3.03. The average molecular weight is 238 g/mol. The standard InChI is InChI=1S/C3H5F2O6PS/c4-12(6)9-1-3(2-10-12)11-13(5,7)8/h3H,1-2H2. The fourth-order valence-corrected chi connectivity index (χ4v) is 1.85. The molecule has 10 heteroatoms. The van der Waals surface area contributed by atoms with Crippen molar-refractivity contribution in [3.63, 3.8) is 0 Å². The predicted molar refractivity (Wildman–Crippen MR) is 35.5 cm³/mol. The van der Waals surface area contributed by atoms with Crippen LogP contribution < -0.4 is 0 Å². The Labute approximate surface area is 72.9 Å². The molecule has 0 atom stereocenters. The van der Waals surface area contributed by atoms with Crippen molar-refractivity contribution in [2.75, 3.05) is 13.2 Å². The van der Waals surface area contributed by atoms with E-state index >= 15 is 0 Å². The van der Waals surface area contributed by atoms with Gasteiger partial charge in [0.05, 0.1) is 13.2 Å². The van der Waals surface area contributed by atoms with Gasteiger partial charge in [-0.05, 0) is 0 Å². The van der Waals surface area contributed by atoms with Crippen molar-refractivity contribution in [2.24, 2.45) is 0 Å². The van der Waals surface area contributed by atoms with Crippen LogP contribution in [0, 0.1) is 0 Å². The molecule has 0 radical (unpaired) electrons. The van der Waals surface area contributed by atoms with E-state index in [4.69, 9.17) is 0 Å². The van der Waals surface area contributed by atoms with Gasteiger partial charge in [0.25, 0.3) is 0 Å². The van der Waals surface area contributed by atoms with Crippen LogP contribution >= 0.6 is 7.91 Å². The molecule has 0 spiro atoms. The Morgan fingerprint density at radius 3 is 2.23 bits per heavy atom. The minimum atomic E-state index is -5.13. The summed E-state index contributed by atoms with van der Waals surface area (Å²) < 4.78 is 65.9. The second-order valence-corrected chi connectivity index (χ2v) is 4.49. The Balaban J connectivity index is 2.47. The van der Waals surface area contributed by atoms with Crippen LogP contribution in [0.1, 0.15) is 0 Å². The molecule has 0 bridgehead atoms. The predicted octanol–water partition coefficient (Wildman–Crippen LogP) is 0.710. The van der Waals surface area contributed by atoms with Crippen LogP contribution in [0.15, 0.2) is 0 Å². The van der Waals surface area contributed by atoms with Crippen molar-refractivity contribution in [1.82, 2.24) is 0 Å². The fourth-order valence-electron chi connectivity index (χ4n) is 0.648. The molecule has 1 saturated heterocycles. The zero-order valence-corrected chi connectivity index (χ0v) is 7.76. The molecule has 1 aliphatic rings. The molecule has 1 heterocycles. The fraction of sp³-hybridized carbons (Fsp3) is 1.00. The molecular weight excluding hydrogens is 233 g/mol. The maximum atomic E-state index is 12.3. The number of hydrogen-bond acceptors (Lipinski definition) is 6. The highest BCUT2D eigenvalue weighted by Gasteiger charge is 2.35. The molecule has 0 aliphatic carbocycles. The lowest BCUT2D eigenvalue weighted by Gasteiger charge is -2.21. The second-order valence-electron chi connectivity index (χ2n) is 2.13. The van der Waals surface area contributed by atoms with Crippen molar-refractivity contribution >= 4 is 18.4 Å². The normalized spacial score (nSPS) is 36.0. The molecule has 0 aromatic heterocycles. The van der Waals surface area contributed by atoms with Gasteiger partial charge in [-0.2, -0.15) is 8.42 Å². The van der Waals surface area contributed by atoms with Crippen LogP contribution in [-0.2, 0) is 28.3 Å². The number of halogens is 2. The number of hydrogen-bond donors (Lipinski definition) is 0. The monoisotopic (exact) mass is 238 g/mol. The zero-order chi connectivity index (χ0) is 10.1. The number of rotatable bonds is 2. The summed E-state index contributed by atoms with van der Waals surface area (Å²) in [6.07, 6.45) is -1.31. The highest BCUT2D eigenvalue weighted by atomic mass is 32.3. The maximum Gasteiger partial charge on any atom is 0.513 e. The highest BCUT2D eigenvalue weighted by molar-refractivity contribution is 7.81. The van der Waals surface area contributed by atoms with Gasteiger partial charge >= 0.3 is 18.4 Å². The summed E-state index contributed by atoms with van der Waals surface area (Å²) in [5.74, 6) is 0. The summed E-state index contributed by atoms with van der Waals surface area (Å²) in [5.41, 5.74) is 0. The first-order valence-electron chi connectivity index (χ1n) is 3.00. The first-order chi connectivity index (χ1) is 5.79. The summed E-state index contributed by atoms with van der Waals surface area (Å²) in [6.45, 7) is -1.28. The van der Waals surface area contributed by atoms with E-state index < -0.39 is 37.7 Å². The first kappa shape index (κ1) is 11.0. The van der Waals surface area contributed by atoms with Crippen LogP contribution in [0.2, 0.25) is 0 Å². The Hall–Kier alpha value is -0.0800. The van der Waals surface area contributed by atoms with E-state index in [-0.39, 0.29) is 0 Å². The Morgan fingerprint density at radius 2 is 1.85 bits per heavy atom. The molecule has 0 amide bonds. The third kappa shape index (κ3) is 4.10. The summed E-state index contributed by atoms with van der Waals surface area (Å²) >= 11 is 0. The summed E-state index contributed by atoms with van der Waals surface area (Å²) in [6, 6.07) is 0. The molecule has 0 saturated carbocycles. The smallest absolute Gasteiger partial charge is 0.281 e. The largest absolute Gasteiger partial charge is 0.513 e. The van der Waals surface area contributed by atoms with Gasteiger partial charge in [-0.3, -0.25) is 9.05 Å². The van der Waals surface area contributed by atoms with Crippen LogP contribution in [0.5, 0.6) is 0 Å². The third-order valence-corrected chi connectivity index (χ3v) is 2.50. The molecule has 1 rings (SSSR count). The van der Waals surface area contributed by atoms with Gasteiger partial charge in [0.1, 0.15) is 6.10 Å². The van der Waals surface area contributed by atoms with Gasteiger partial charge in [-0.15, -0.1) is 4.20 Å². The summed E-state index contributed by atoms with van der Waals surface area (Å²) in [7, 11) is -9.72. The van der Waals surface area contributed by atoms with Crippen molar-refractivity contribution < 1.29 is 34.3 Å². The molecule has 1 fully saturated rings.